The third-order valence-electron chi connectivity index (χ3n) is 2.55. The zero-order valence-corrected chi connectivity index (χ0v) is 12.0. The van der Waals surface area contributed by atoms with Crippen LogP contribution in [0.2, 0.25) is 0 Å². The lowest BCUT2D eigenvalue weighted by Crippen LogP contribution is -2.07. The molecule has 0 bridgehead atoms. The lowest BCUT2D eigenvalue weighted by Gasteiger charge is -2.03. The van der Waals surface area contributed by atoms with Gasteiger partial charge in [-0.3, -0.25) is 4.57 Å². The number of rotatable bonds is 4. The largest absolute Gasteiger partial charge is 0.268 e. The first kappa shape index (κ1) is 15.5. The van der Waals surface area contributed by atoms with Crippen LogP contribution < -0.4 is 5.44 Å². The molecule has 0 aliphatic heterocycles. The Balaban J connectivity index is 0.000000861. The van der Waals surface area contributed by atoms with Crippen LogP contribution in [0, 0.1) is 5.82 Å². The minimum Gasteiger partial charge on any atom is -0.268 e. The number of aromatic nitrogens is 1. The summed E-state index contributed by atoms with van der Waals surface area (Å²) in [5, 5.41) is 0. The smallest absolute Gasteiger partial charge is 0.212 e. The first-order chi connectivity index (χ1) is 9.29. The van der Waals surface area contributed by atoms with E-state index in [9.17, 15) is 8.96 Å². The van der Waals surface area contributed by atoms with Crippen molar-refractivity contribution in [2.45, 2.75) is 26.7 Å². The molecule has 0 saturated heterocycles. The Morgan fingerprint density at radius 2 is 1.79 bits per heavy atom. The van der Waals surface area contributed by atoms with E-state index in [0.717, 1.165) is 24.0 Å². The molecular formula is C15H17FNOP. The van der Waals surface area contributed by atoms with Crippen molar-refractivity contribution in [3.05, 3.63) is 59.5 Å². The Kier molecular flexibility index (Phi) is 6.91. The highest BCUT2D eigenvalue weighted by molar-refractivity contribution is 7.33. The zero-order valence-electron chi connectivity index (χ0n) is 11.1. The normalized spacial score (nSPS) is 9.84. The molecule has 0 aliphatic carbocycles. The van der Waals surface area contributed by atoms with E-state index in [1.54, 1.807) is 18.3 Å². The molecule has 2 aromatic rings. The maximum atomic E-state index is 12.7. The van der Waals surface area contributed by atoms with Crippen molar-refractivity contribution in [3.8, 4) is 0 Å². The fourth-order valence-corrected chi connectivity index (χ4v) is 2.06. The molecule has 1 heterocycles. The number of aryl methyl sites for hydroxylation is 2. The summed E-state index contributed by atoms with van der Waals surface area (Å²) in [7, 11) is -0.0574. The third kappa shape index (κ3) is 4.88. The molecule has 0 radical (unpaired) electrons. The van der Waals surface area contributed by atoms with Crippen LogP contribution in [0.25, 0.3) is 0 Å². The summed E-state index contributed by atoms with van der Waals surface area (Å²) < 4.78 is 23.6. The molecule has 0 N–H and O–H groups in total. The van der Waals surface area contributed by atoms with Crippen molar-refractivity contribution in [3.63, 3.8) is 0 Å². The first-order valence-corrected chi connectivity index (χ1v) is 7.12. The van der Waals surface area contributed by atoms with E-state index in [2.05, 4.69) is 4.98 Å². The SMILES string of the molecule is CC.O=Pc1ncccc1CCc1ccc(F)cc1. The molecule has 100 valence electrons. The lowest BCUT2D eigenvalue weighted by atomic mass is 10.1. The summed E-state index contributed by atoms with van der Waals surface area (Å²) in [5.41, 5.74) is 2.60. The average Bonchev–Trinajstić information content (AvgIpc) is 2.49. The van der Waals surface area contributed by atoms with E-state index >= 15 is 0 Å². The van der Waals surface area contributed by atoms with Gasteiger partial charge in [-0.25, -0.2) is 9.37 Å². The van der Waals surface area contributed by atoms with Gasteiger partial charge in [0.2, 0.25) is 8.46 Å². The first-order valence-electron chi connectivity index (χ1n) is 6.31. The van der Waals surface area contributed by atoms with E-state index in [1.165, 1.54) is 12.1 Å². The third-order valence-corrected chi connectivity index (χ3v) is 3.13. The predicted octanol–water partition coefficient (Wildman–Crippen LogP) is 3.95. The molecule has 0 saturated carbocycles. The van der Waals surface area contributed by atoms with Gasteiger partial charge in [-0.1, -0.05) is 32.0 Å². The van der Waals surface area contributed by atoms with Crippen molar-refractivity contribution in [2.24, 2.45) is 0 Å². The van der Waals surface area contributed by atoms with Crippen molar-refractivity contribution >= 4 is 13.9 Å². The number of benzene rings is 1. The summed E-state index contributed by atoms with van der Waals surface area (Å²) in [5.74, 6) is -0.228. The summed E-state index contributed by atoms with van der Waals surface area (Å²) in [6.07, 6.45) is 3.17. The van der Waals surface area contributed by atoms with Crippen molar-refractivity contribution in [1.29, 1.82) is 0 Å². The van der Waals surface area contributed by atoms with Crippen LogP contribution in [-0.2, 0) is 17.4 Å². The van der Waals surface area contributed by atoms with Crippen LogP contribution in [0.5, 0.6) is 0 Å². The summed E-state index contributed by atoms with van der Waals surface area (Å²) in [6, 6.07) is 10.2. The standard InChI is InChI=1S/C13H11FNOP.C2H6/c14-12-7-4-10(5-8-12)3-6-11-2-1-9-15-13(11)17-16;1-2/h1-2,4-5,7-9H,3,6H2;1-2H3. The molecule has 4 heteroatoms. The molecule has 19 heavy (non-hydrogen) atoms. The van der Waals surface area contributed by atoms with E-state index in [-0.39, 0.29) is 14.3 Å². The maximum Gasteiger partial charge on any atom is 0.212 e. The number of pyridine rings is 1. The number of hydrogen-bond donors (Lipinski definition) is 0. The maximum absolute atomic E-state index is 12.7. The second-order valence-corrected chi connectivity index (χ2v) is 4.31. The highest BCUT2D eigenvalue weighted by atomic mass is 31.1. The topological polar surface area (TPSA) is 30.0 Å². The van der Waals surface area contributed by atoms with E-state index in [4.69, 9.17) is 0 Å². The van der Waals surface area contributed by atoms with Gasteiger partial charge in [0.05, 0.1) is 0 Å². The Hall–Kier alpha value is -1.60. The van der Waals surface area contributed by atoms with Crippen LogP contribution in [0.1, 0.15) is 25.0 Å². The van der Waals surface area contributed by atoms with Gasteiger partial charge in [0.1, 0.15) is 11.3 Å². The molecule has 2 nitrogen and oxygen atoms in total. The van der Waals surface area contributed by atoms with Gasteiger partial charge in [0.25, 0.3) is 0 Å². The quantitative estimate of drug-likeness (QED) is 0.792. The average molecular weight is 277 g/mol. The van der Waals surface area contributed by atoms with Crippen LogP contribution >= 0.6 is 8.46 Å². The Labute approximate surface area is 114 Å². The van der Waals surface area contributed by atoms with Crippen molar-refractivity contribution in [2.75, 3.05) is 0 Å². The number of halogens is 1. The van der Waals surface area contributed by atoms with Gasteiger partial charge in [0.15, 0.2) is 0 Å². The molecule has 2 rings (SSSR count). The summed E-state index contributed by atoms with van der Waals surface area (Å²) in [6.45, 7) is 4.00. The summed E-state index contributed by atoms with van der Waals surface area (Å²) >= 11 is 0. The van der Waals surface area contributed by atoms with Crippen LogP contribution in [0.3, 0.4) is 0 Å². The van der Waals surface area contributed by atoms with Crippen LogP contribution in [0.15, 0.2) is 42.6 Å². The monoisotopic (exact) mass is 277 g/mol. The van der Waals surface area contributed by atoms with Crippen molar-refractivity contribution in [1.82, 2.24) is 4.98 Å². The molecule has 0 atom stereocenters. The van der Waals surface area contributed by atoms with Gasteiger partial charge in [-0.15, -0.1) is 0 Å². The molecule has 1 aromatic heterocycles. The fourth-order valence-electron chi connectivity index (χ4n) is 1.64. The second kappa shape index (κ2) is 8.49. The molecule has 0 aliphatic rings. The molecule has 0 unspecified atom stereocenters. The predicted molar refractivity (Wildman–Crippen MR) is 76.6 cm³/mol. The van der Waals surface area contributed by atoms with Gasteiger partial charge in [0, 0.05) is 6.20 Å². The lowest BCUT2D eigenvalue weighted by molar-refractivity contribution is 0.602. The van der Waals surface area contributed by atoms with Gasteiger partial charge >= 0.3 is 0 Å². The second-order valence-electron chi connectivity index (χ2n) is 3.70. The molecular weight excluding hydrogens is 260 g/mol. The zero-order chi connectivity index (χ0) is 14.1. The van der Waals surface area contributed by atoms with E-state index in [1.807, 2.05) is 26.0 Å². The van der Waals surface area contributed by atoms with E-state index in [0.29, 0.717) is 5.44 Å². The van der Waals surface area contributed by atoms with Gasteiger partial charge < -0.3 is 0 Å². The fraction of sp³-hybridized carbons (Fsp3) is 0.267. The number of hydrogen-bond acceptors (Lipinski definition) is 2. The molecule has 0 spiro atoms. The van der Waals surface area contributed by atoms with Crippen molar-refractivity contribution < 1.29 is 8.96 Å². The Morgan fingerprint density at radius 3 is 2.42 bits per heavy atom. The Bertz CT molecular complexity index is 514. The highest BCUT2D eigenvalue weighted by Gasteiger charge is 2.03. The van der Waals surface area contributed by atoms with Crippen LogP contribution in [0.4, 0.5) is 4.39 Å². The number of nitrogens with zero attached hydrogens (tertiary/aromatic N) is 1. The van der Waals surface area contributed by atoms with Gasteiger partial charge in [-0.2, -0.15) is 0 Å². The summed E-state index contributed by atoms with van der Waals surface area (Å²) in [4.78, 5) is 4.04. The molecule has 0 amide bonds. The Morgan fingerprint density at radius 1 is 1.11 bits per heavy atom. The highest BCUT2D eigenvalue weighted by Crippen LogP contribution is 2.09. The molecule has 1 aromatic carbocycles. The minimum atomic E-state index is -0.228. The van der Waals surface area contributed by atoms with Crippen LogP contribution in [-0.4, -0.2) is 4.98 Å². The molecule has 0 fully saturated rings. The minimum absolute atomic E-state index is 0.0574. The van der Waals surface area contributed by atoms with Gasteiger partial charge in [-0.05, 0) is 42.2 Å². The van der Waals surface area contributed by atoms with E-state index < -0.39 is 0 Å².